The summed E-state index contributed by atoms with van der Waals surface area (Å²) in [4.78, 5) is 24.2. The molecule has 1 aromatic heterocycles. The fourth-order valence-corrected chi connectivity index (χ4v) is 2.07. The highest BCUT2D eigenvalue weighted by Gasteiger charge is 2.12. The molecule has 116 valence electrons. The van der Waals surface area contributed by atoms with Gasteiger partial charge in [0.05, 0.1) is 18.1 Å². The summed E-state index contributed by atoms with van der Waals surface area (Å²) in [5, 5.41) is 0. The smallest absolute Gasteiger partial charge is 0.273 e. The predicted octanol–water partition coefficient (Wildman–Crippen LogP) is 2.47. The van der Waals surface area contributed by atoms with Crippen molar-refractivity contribution in [1.29, 1.82) is 0 Å². The molecule has 1 unspecified atom stereocenters. The van der Waals surface area contributed by atoms with Crippen LogP contribution in [0.25, 0.3) is 11.3 Å². The molecule has 0 aliphatic heterocycles. The first-order valence-electron chi connectivity index (χ1n) is 7.20. The molecule has 0 aliphatic rings. The highest BCUT2D eigenvalue weighted by Crippen LogP contribution is 2.22. The number of carbonyl (C=O) groups excluding carboxylic acids is 1. The van der Waals surface area contributed by atoms with Crippen molar-refractivity contribution in [1.82, 2.24) is 19.8 Å². The molecule has 1 heterocycles. The maximum Gasteiger partial charge on any atom is 0.273 e. The first-order valence-corrected chi connectivity index (χ1v) is 7.20. The van der Waals surface area contributed by atoms with E-state index in [4.69, 9.17) is 0 Å². The second kappa shape index (κ2) is 6.66. The van der Waals surface area contributed by atoms with Gasteiger partial charge in [-0.25, -0.2) is 4.98 Å². The molecule has 2 aromatic rings. The van der Waals surface area contributed by atoms with Gasteiger partial charge in [0.15, 0.2) is 0 Å². The van der Waals surface area contributed by atoms with E-state index in [1.54, 1.807) is 20.3 Å². The van der Waals surface area contributed by atoms with Crippen molar-refractivity contribution in [3.05, 3.63) is 47.9 Å². The van der Waals surface area contributed by atoms with Crippen molar-refractivity contribution in [3.63, 3.8) is 0 Å². The fourth-order valence-electron chi connectivity index (χ4n) is 2.07. The monoisotopic (exact) mass is 298 g/mol. The average Bonchev–Trinajstić information content (AvgIpc) is 2.53. The van der Waals surface area contributed by atoms with E-state index in [1.165, 1.54) is 16.7 Å². The van der Waals surface area contributed by atoms with E-state index in [0.717, 1.165) is 5.56 Å². The van der Waals surface area contributed by atoms with Gasteiger partial charge < -0.3 is 9.80 Å². The van der Waals surface area contributed by atoms with Gasteiger partial charge >= 0.3 is 0 Å². The summed E-state index contributed by atoms with van der Waals surface area (Å²) in [6.45, 7) is 2.16. The van der Waals surface area contributed by atoms with Crippen LogP contribution in [0.2, 0.25) is 0 Å². The zero-order valence-corrected chi connectivity index (χ0v) is 13.7. The van der Waals surface area contributed by atoms with Crippen molar-refractivity contribution in [3.8, 4) is 11.3 Å². The van der Waals surface area contributed by atoms with Gasteiger partial charge in [0.2, 0.25) is 0 Å². The number of amides is 1. The number of nitrogens with zero attached hydrogens (tertiary/aromatic N) is 4. The number of rotatable bonds is 4. The molecule has 0 fully saturated rings. The van der Waals surface area contributed by atoms with Gasteiger partial charge in [-0.3, -0.25) is 9.78 Å². The van der Waals surface area contributed by atoms with Gasteiger partial charge in [-0.05, 0) is 26.6 Å². The summed E-state index contributed by atoms with van der Waals surface area (Å²) in [6, 6.07) is 8.55. The third-order valence-electron chi connectivity index (χ3n) is 3.72. The topological polar surface area (TPSA) is 49.3 Å². The van der Waals surface area contributed by atoms with Crippen molar-refractivity contribution in [2.75, 3.05) is 28.2 Å². The number of hydrogen-bond donors (Lipinski definition) is 0. The van der Waals surface area contributed by atoms with Gasteiger partial charge in [0.1, 0.15) is 5.69 Å². The van der Waals surface area contributed by atoms with E-state index in [2.05, 4.69) is 48.0 Å². The van der Waals surface area contributed by atoms with Crippen LogP contribution in [-0.4, -0.2) is 53.9 Å². The van der Waals surface area contributed by atoms with Crippen molar-refractivity contribution in [2.45, 2.75) is 13.0 Å². The molecule has 0 saturated carbocycles. The van der Waals surface area contributed by atoms with Crippen LogP contribution in [0, 0.1) is 0 Å². The van der Waals surface area contributed by atoms with E-state index in [0.29, 0.717) is 17.4 Å². The second-order valence-electron chi connectivity index (χ2n) is 5.75. The van der Waals surface area contributed by atoms with Crippen LogP contribution < -0.4 is 0 Å². The number of aromatic nitrogens is 2. The Hall–Kier alpha value is -2.27. The van der Waals surface area contributed by atoms with Crippen LogP contribution in [0.1, 0.15) is 29.0 Å². The Morgan fingerprint density at radius 2 is 1.68 bits per heavy atom. The molecule has 0 aliphatic carbocycles. The van der Waals surface area contributed by atoms with Gasteiger partial charge in [0, 0.05) is 25.7 Å². The quantitative estimate of drug-likeness (QED) is 0.870. The first kappa shape index (κ1) is 16.1. The zero-order valence-electron chi connectivity index (χ0n) is 13.7. The zero-order chi connectivity index (χ0) is 16.3. The Morgan fingerprint density at radius 1 is 1.05 bits per heavy atom. The summed E-state index contributed by atoms with van der Waals surface area (Å²) in [6.07, 6.45) is 3.17. The summed E-state index contributed by atoms with van der Waals surface area (Å²) >= 11 is 0. The van der Waals surface area contributed by atoms with Crippen LogP contribution in [0.5, 0.6) is 0 Å². The molecule has 22 heavy (non-hydrogen) atoms. The van der Waals surface area contributed by atoms with Crippen LogP contribution in [0.3, 0.4) is 0 Å². The van der Waals surface area contributed by atoms with Gasteiger partial charge in [-0.2, -0.15) is 0 Å². The van der Waals surface area contributed by atoms with Crippen LogP contribution in [0.4, 0.5) is 0 Å². The van der Waals surface area contributed by atoms with Crippen molar-refractivity contribution >= 4 is 5.91 Å². The highest BCUT2D eigenvalue weighted by molar-refractivity contribution is 5.92. The lowest BCUT2D eigenvalue weighted by Gasteiger charge is -2.20. The molecule has 0 saturated heterocycles. The molecule has 1 aromatic carbocycles. The van der Waals surface area contributed by atoms with Crippen LogP contribution >= 0.6 is 0 Å². The molecule has 0 radical (unpaired) electrons. The molecule has 0 bridgehead atoms. The molecule has 1 amide bonds. The van der Waals surface area contributed by atoms with E-state index >= 15 is 0 Å². The fraction of sp³-hybridized carbons (Fsp3) is 0.353. The van der Waals surface area contributed by atoms with Crippen LogP contribution in [0.15, 0.2) is 36.7 Å². The van der Waals surface area contributed by atoms with Crippen molar-refractivity contribution < 1.29 is 4.79 Å². The minimum atomic E-state index is -0.146. The number of benzene rings is 1. The molecular formula is C17H22N4O. The minimum Gasteiger partial charge on any atom is -0.343 e. The third-order valence-corrected chi connectivity index (χ3v) is 3.72. The Morgan fingerprint density at radius 3 is 2.23 bits per heavy atom. The molecule has 5 heteroatoms. The van der Waals surface area contributed by atoms with E-state index in [9.17, 15) is 4.79 Å². The van der Waals surface area contributed by atoms with E-state index in [-0.39, 0.29) is 5.91 Å². The third kappa shape index (κ3) is 3.49. The summed E-state index contributed by atoms with van der Waals surface area (Å²) in [5.41, 5.74) is 3.25. The largest absolute Gasteiger partial charge is 0.343 e. The van der Waals surface area contributed by atoms with E-state index in [1.807, 2.05) is 12.1 Å². The number of carbonyl (C=O) groups is 1. The summed E-state index contributed by atoms with van der Waals surface area (Å²) in [7, 11) is 7.52. The first-order chi connectivity index (χ1) is 10.4. The summed E-state index contributed by atoms with van der Waals surface area (Å²) in [5.74, 6) is -0.146. The Kier molecular flexibility index (Phi) is 4.88. The van der Waals surface area contributed by atoms with Gasteiger partial charge in [-0.1, -0.05) is 24.3 Å². The lowest BCUT2D eigenvalue weighted by atomic mass is 10.0. The van der Waals surface area contributed by atoms with Gasteiger partial charge in [-0.15, -0.1) is 0 Å². The van der Waals surface area contributed by atoms with Gasteiger partial charge in [0.25, 0.3) is 5.91 Å². The second-order valence-corrected chi connectivity index (χ2v) is 5.75. The maximum atomic E-state index is 12.0. The average molecular weight is 298 g/mol. The SMILES string of the molecule is CC(c1ccc(-c2cncc(C(=O)N(C)C)n2)cc1)N(C)C. The molecule has 2 rings (SSSR count). The maximum absolute atomic E-state index is 12.0. The molecular weight excluding hydrogens is 276 g/mol. The standard InChI is InChI=1S/C17H22N4O/c1-12(20(2)3)13-6-8-14(9-7-13)15-10-18-11-16(19-15)17(22)21(4)5/h6-12H,1-5H3. The molecule has 1 atom stereocenters. The minimum absolute atomic E-state index is 0.146. The number of hydrogen-bond acceptors (Lipinski definition) is 4. The highest BCUT2D eigenvalue weighted by atomic mass is 16.2. The van der Waals surface area contributed by atoms with E-state index < -0.39 is 0 Å². The Labute approximate surface area is 131 Å². The summed E-state index contributed by atoms with van der Waals surface area (Å²) < 4.78 is 0. The Balaban J connectivity index is 2.29. The lowest BCUT2D eigenvalue weighted by molar-refractivity contribution is 0.0821. The Bertz CT molecular complexity index is 650. The lowest BCUT2D eigenvalue weighted by Crippen LogP contribution is -2.23. The normalized spacial score (nSPS) is 12.3. The predicted molar refractivity (Wildman–Crippen MR) is 87.6 cm³/mol. The molecule has 0 spiro atoms. The molecule has 5 nitrogen and oxygen atoms in total. The van der Waals surface area contributed by atoms with Crippen molar-refractivity contribution in [2.24, 2.45) is 0 Å². The van der Waals surface area contributed by atoms with Crippen LogP contribution in [-0.2, 0) is 0 Å². The molecule has 0 N–H and O–H groups in total.